The second-order valence-corrected chi connectivity index (χ2v) is 9.76. The van der Waals surface area contributed by atoms with E-state index in [1.54, 1.807) is 0 Å². The van der Waals surface area contributed by atoms with E-state index in [4.69, 9.17) is 16.6 Å². The lowest BCUT2D eigenvalue weighted by Gasteiger charge is -2.13. The second-order valence-electron chi connectivity index (χ2n) is 8.36. The molecular formula is C29H24ClN3OS. The van der Waals surface area contributed by atoms with E-state index < -0.39 is 0 Å². The third kappa shape index (κ3) is 5.92. The van der Waals surface area contributed by atoms with Gasteiger partial charge >= 0.3 is 0 Å². The van der Waals surface area contributed by atoms with E-state index >= 15 is 0 Å². The minimum absolute atomic E-state index is 0.131. The number of thioether (sulfide) groups is 1. The lowest BCUT2D eigenvalue weighted by atomic mass is 9.98. The van der Waals surface area contributed by atoms with Crippen molar-refractivity contribution in [3.05, 3.63) is 100 Å². The van der Waals surface area contributed by atoms with E-state index in [2.05, 4.69) is 11.4 Å². The van der Waals surface area contributed by atoms with Gasteiger partial charge in [0, 0.05) is 21.8 Å². The highest BCUT2D eigenvalue weighted by molar-refractivity contribution is 8.00. The summed E-state index contributed by atoms with van der Waals surface area (Å²) in [4.78, 5) is 17.5. The fourth-order valence-electron chi connectivity index (χ4n) is 3.61. The molecule has 4 aromatic rings. The average molecular weight is 498 g/mol. The largest absolute Gasteiger partial charge is 0.325 e. The predicted octanol–water partition coefficient (Wildman–Crippen LogP) is 7.60. The number of hydrogen-bond donors (Lipinski definition) is 1. The highest BCUT2D eigenvalue weighted by Gasteiger charge is 2.17. The van der Waals surface area contributed by atoms with Gasteiger partial charge in [-0.25, -0.2) is 4.98 Å². The van der Waals surface area contributed by atoms with E-state index in [9.17, 15) is 10.1 Å². The summed E-state index contributed by atoms with van der Waals surface area (Å²) in [7, 11) is 0. The van der Waals surface area contributed by atoms with Gasteiger partial charge in [0.15, 0.2) is 0 Å². The number of carbonyl (C=O) groups is 1. The quantitative estimate of drug-likeness (QED) is 0.278. The van der Waals surface area contributed by atoms with Crippen LogP contribution in [-0.2, 0) is 4.79 Å². The van der Waals surface area contributed by atoms with E-state index in [1.807, 2.05) is 93.6 Å². The molecule has 0 aliphatic carbocycles. The molecule has 0 spiro atoms. The van der Waals surface area contributed by atoms with Gasteiger partial charge in [-0.3, -0.25) is 4.79 Å². The van der Waals surface area contributed by atoms with Crippen LogP contribution in [0.2, 0.25) is 5.02 Å². The Kier molecular flexibility index (Phi) is 7.55. The third-order valence-corrected chi connectivity index (χ3v) is 6.96. The van der Waals surface area contributed by atoms with Gasteiger partial charge in [-0.1, -0.05) is 71.4 Å². The van der Waals surface area contributed by atoms with Crippen molar-refractivity contribution in [2.45, 2.75) is 25.8 Å². The van der Waals surface area contributed by atoms with Crippen molar-refractivity contribution in [3.8, 4) is 28.5 Å². The van der Waals surface area contributed by atoms with Crippen LogP contribution in [0, 0.1) is 32.1 Å². The fourth-order valence-corrected chi connectivity index (χ4v) is 4.54. The normalized spacial score (nSPS) is 10.6. The summed E-state index contributed by atoms with van der Waals surface area (Å²) in [6.45, 7) is 6.07. The summed E-state index contributed by atoms with van der Waals surface area (Å²) >= 11 is 7.34. The van der Waals surface area contributed by atoms with Crippen molar-refractivity contribution in [2.24, 2.45) is 0 Å². The number of carbonyl (C=O) groups excluding carboxylic acids is 1. The molecule has 0 saturated heterocycles. The Hall–Kier alpha value is -3.59. The summed E-state index contributed by atoms with van der Waals surface area (Å²) in [5.74, 6) is -0.0239. The fraction of sp³-hybridized carbons (Fsp3) is 0.138. The zero-order valence-electron chi connectivity index (χ0n) is 19.7. The number of aromatic nitrogens is 1. The molecule has 0 unspecified atom stereocenters. The van der Waals surface area contributed by atoms with Crippen molar-refractivity contribution in [2.75, 3.05) is 11.1 Å². The SMILES string of the molecule is Cc1ccc(-c2cc(-c3ccc(Cl)cc3)nc(SCC(=O)Nc3ccc(C)c(C)c3)c2C#N)cc1. The van der Waals surface area contributed by atoms with Crippen LogP contribution in [0.15, 0.2) is 77.8 Å². The van der Waals surface area contributed by atoms with Crippen LogP contribution < -0.4 is 5.32 Å². The molecule has 174 valence electrons. The van der Waals surface area contributed by atoms with E-state index in [0.29, 0.717) is 21.3 Å². The molecule has 0 atom stereocenters. The average Bonchev–Trinajstić information content (AvgIpc) is 2.85. The van der Waals surface area contributed by atoms with Gasteiger partial charge in [0.1, 0.15) is 11.1 Å². The molecule has 3 aromatic carbocycles. The zero-order valence-corrected chi connectivity index (χ0v) is 21.3. The van der Waals surface area contributed by atoms with Gasteiger partial charge in [0.25, 0.3) is 0 Å². The van der Waals surface area contributed by atoms with Crippen LogP contribution in [0.3, 0.4) is 0 Å². The lowest BCUT2D eigenvalue weighted by molar-refractivity contribution is -0.113. The van der Waals surface area contributed by atoms with E-state index in [0.717, 1.165) is 33.5 Å². The van der Waals surface area contributed by atoms with Crippen LogP contribution in [-0.4, -0.2) is 16.6 Å². The molecule has 6 heteroatoms. The number of hydrogen-bond acceptors (Lipinski definition) is 4. The highest BCUT2D eigenvalue weighted by atomic mass is 35.5. The van der Waals surface area contributed by atoms with Crippen molar-refractivity contribution in [3.63, 3.8) is 0 Å². The number of pyridine rings is 1. The minimum atomic E-state index is -0.155. The monoisotopic (exact) mass is 497 g/mol. The molecule has 0 aliphatic heterocycles. The van der Waals surface area contributed by atoms with Crippen LogP contribution in [0.4, 0.5) is 5.69 Å². The summed E-state index contributed by atoms with van der Waals surface area (Å²) in [6, 6.07) is 25.5. The Balaban J connectivity index is 1.68. The number of amides is 1. The molecule has 0 aliphatic rings. The molecule has 1 heterocycles. The van der Waals surface area contributed by atoms with Crippen molar-refractivity contribution < 1.29 is 4.79 Å². The summed E-state index contributed by atoms with van der Waals surface area (Å²) in [5.41, 5.74) is 7.93. The van der Waals surface area contributed by atoms with E-state index in [-0.39, 0.29) is 11.7 Å². The van der Waals surface area contributed by atoms with Gasteiger partial charge in [0.2, 0.25) is 5.91 Å². The highest BCUT2D eigenvalue weighted by Crippen LogP contribution is 2.34. The first kappa shape index (κ1) is 24.5. The van der Waals surface area contributed by atoms with Gasteiger partial charge in [-0.2, -0.15) is 5.26 Å². The Morgan fingerprint density at radius 2 is 1.63 bits per heavy atom. The minimum Gasteiger partial charge on any atom is -0.325 e. The molecule has 35 heavy (non-hydrogen) atoms. The van der Waals surface area contributed by atoms with Crippen LogP contribution in [0.1, 0.15) is 22.3 Å². The first-order valence-electron chi connectivity index (χ1n) is 11.1. The smallest absolute Gasteiger partial charge is 0.234 e. The molecule has 1 amide bonds. The molecular weight excluding hydrogens is 474 g/mol. The van der Waals surface area contributed by atoms with Gasteiger partial charge < -0.3 is 5.32 Å². The molecule has 1 aromatic heterocycles. The lowest BCUT2D eigenvalue weighted by Crippen LogP contribution is -2.14. The Morgan fingerprint density at radius 1 is 0.943 bits per heavy atom. The molecule has 4 nitrogen and oxygen atoms in total. The summed E-state index contributed by atoms with van der Waals surface area (Å²) in [5, 5.41) is 14.1. The van der Waals surface area contributed by atoms with Gasteiger partial charge in [-0.15, -0.1) is 0 Å². The molecule has 0 radical (unpaired) electrons. The number of nitrogens with one attached hydrogen (secondary N) is 1. The number of anilines is 1. The van der Waals surface area contributed by atoms with Crippen molar-refractivity contribution >= 4 is 35.0 Å². The molecule has 1 N–H and O–H groups in total. The zero-order chi connectivity index (χ0) is 24.9. The van der Waals surface area contributed by atoms with Gasteiger partial charge in [0.05, 0.1) is 17.0 Å². The Morgan fingerprint density at radius 3 is 2.29 bits per heavy atom. The molecule has 0 bridgehead atoms. The number of nitriles is 1. The van der Waals surface area contributed by atoms with Gasteiger partial charge in [-0.05, 0) is 67.8 Å². The van der Waals surface area contributed by atoms with Crippen LogP contribution in [0.25, 0.3) is 22.4 Å². The number of halogens is 1. The van der Waals surface area contributed by atoms with Crippen LogP contribution >= 0.6 is 23.4 Å². The number of rotatable bonds is 6. The summed E-state index contributed by atoms with van der Waals surface area (Å²) < 4.78 is 0. The maximum Gasteiger partial charge on any atom is 0.234 e. The maximum atomic E-state index is 12.7. The maximum absolute atomic E-state index is 12.7. The predicted molar refractivity (Wildman–Crippen MR) is 145 cm³/mol. The van der Waals surface area contributed by atoms with Crippen LogP contribution in [0.5, 0.6) is 0 Å². The summed E-state index contributed by atoms with van der Waals surface area (Å²) in [6.07, 6.45) is 0. The number of benzene rings is 3. The standard InChI is InChI=1S/C29H24ClN3OS/c1-18-4-7-21(8-5-18)25-15-27(22-9-11-23(30)12-10-22)33-29(26(25)16-31)35-17-28(34)32-24-13-6-19(2)20(3)14-24/h4-15H,17H2,1-3H3,(H,32,34). The second kappa shape index (κ2) is 10.8. The first-order valence-corrected chi connectivity index (χ1v) is 12.5. The topological polar surface area (TPSA) is 65.8 Å². The van der Waals surface area contributed by atoms with Crippen molar-refractivity contribution in [1.29, 1.82) is 5.26 Å². The Bertz CT molecular complexity index is 1420. The van der Waals surface area contributed by atoms with Crippen molar-refractivity contribution in [1.82, 2.24) is 4.98 Å². The molecule has 0 saturated carbocycles. The number of aryl methyl sites for hydroxylation is 3. The van der Waals surface area contributed by atoms with E-state index in [1.165, 1.54) is 17.3 Å². The number of nitrogens with zero attached hydrogens (tertiary/aromatic N) is 2. The third-order valence-electron chi connectivity index (χ3n) is 5.73. The molecule has 0 fully saturated rings. The Labute approximate surface area is 215 Å². The first-order chi connectivity index (χ1) is 16.8. The molecule has 4 rings (SSSR count).